The van der Waals surface area contributed by atoms with Gasteiger partial charge in [0.1, 0.15) is 29.4 Å². The Balaban J connectivity index is 1.37. The van der Waals surface area contributed by atoms with Crippen molar-refractivity contribution < 1.29 is 23.2 Å². The minimum absolute atomic E-state index is 0.146. The Morgan fingerprint density at radius 2 is 1.79 bits per heavy atom. The second-order valence-corrected chi connectivity index (χ2v) is 8.53. The number of pyridine rings is 1. The lowest BCUT2D eigenvalue weighted by Crippen LogP contribution is -2.54. The number of benzene rings is 2. The first-order valence-corrected chi connectivity index (χ1v) is 10.6. The minimum atomic E-state index is -0.900. The lowest BCUT2D eigenvalue weighted by Gasteiger charge is -2.34. The Bertz CT molecular complexity index is 1450. The summed E-state index contributed by atoms with van der Waals surface area (Å²) in [7, 11) is 0. The highest BCUT2D eigenvalue weighted by Crippen LogP contribution is 2.44. The lowest BCUT2D eigenvalue weighted by atomic mass is 10.1. The van der Waals surface area contributed by atoms with Gasteiger partial charge in [-0.15, -0.1) is 0 Å². The van der Waals surface area contributed by atoms with Crippen LogP contribution in [-0.2, 0) is 4.79 Å². The van der Waals surface area contributed by atoms with Crippen molar-refractivity contribution in [3.8, 4) is 6.07 Å². The fourth-order valence-electron chi connectivity index (χ4n) is 5.40. The van der Waals surface area contributed by atoms with Crippen LogP contribution >= 0.6 is 0 Å². The lowest BCUT2D eigenvalue weighted by molar-refractivity contribution is -0.121. The maximum atomic E-state index is 13.7. The van der Waals surface area contributed by atoms with E-state index >= 15 is 0 Å². The summed E-state index contributed by atoms with van der Waals surface area (Å²) in [5, 5.41) is 10.4. The summed E-state index contributed by atoms with van der Waals surface area (Å²) in [6, 6.07) is 9.07. The van der Waals surface area contributed by atoms with Gasteiger partial charge in [0.2, 0.25) is 0 Å². The normalized spacial score (nSPS) is 23.1. The molecule has 10 heteroatoms. The Kier molecular flexibility index (Phi) is 4.20. The Labute approximate surface area is 191 Å². The van der Waals surface area contributed by atoms with Gasteiger partial charge in [0.25, 0.3) is 11.8 Å². The van der Waals surface area contributed by atoms with Crippen LogP contribution in [0.3, 0.4) is 0 Å². The molecule has 4 heterocycles. The number of urea groups is 1. The standard InChI is InChI=1S/C24H15F2N5O3/c25-13-5-12(6-14(26)7-13)22(32)29-11-15-8-19(29)21-23(33)31(24(34)30(15)21)20-10-28-18(9-27)16-3-1-2-4-17(16)20/h1-7,10,15,19,21H,8,11H2/t15-,19-,21-/m0/s1. The van der Waals surface area contributed by atoms with E-state index in [0.29, 0.717) is 23.3 Å². The molecule has 0 saturated carbocycles. The average molecular weight is 459 g/mol. The number of carbonyl (C=O) groups is 3. The van der Waals surface area contributed by atoms with Crippen LogP contribution in [0.5, 0.6) is 0 Å². The number of halogens is 2. The largest absolute Gasteiger partial charge is 0.332 e. The summed E-state index contributed by atoms with van der Waals surface area (Å²) in [6.45, 7) is 0.164. The van der Waals surface area contributed by atoms with E-state index in [4.69, 9.17) is 0 Å². The second kappa shape index (κ2) is 7.05. The number of nitrogens with zero attached hydrogens (tertiary/aromatic N) is 5. The van der Waals surface area contributed by atoms with Crippen molar-refractivity contribution in [1.82, 2.24) is 14.8 Å². The van der Waals surface area contributed by atoms with Gasteiger partial charge >= 0.3 is 6.03 Å². The second-order valence-electron chi connectivity index (χ2n) is 8.53. The molecule has 2 bridgehead atoms. The highest BCUT2D eigenvalue weighted by atomic mass is 19.1. The van der Waals surface area contributed by atoms with Gasteiger partial charge in [0.15, 0.2) is 0 Å². The number of imide groups is 1. The van der Waals surface area contributed by atoms with Gasteiger partial charge in [-0.1, -0.05) is 24.3 Å². The van der Waals surface area contributed by atoms with Crippen LogP contribution in [0.25, 0.3) is 10.8 Å². The molecule has 3 fully saturated rings. The molecule has 1 aromatic heterocycles. The van der Waals surface area contributed by atoms with E-state index in [0.717, 1.165) is 17.0 Å². The first-order chi connectivity index (χ1) is 16.4. The highest BCUT2D eigenvalue weighted by Gasteiger charge is 2.63. The molecule has 6 rings (SSSR count). The number of hydrogen-bond acceptors (Lipinski definition) is 5. The van der Waals surface area contributed by atoms with Crippen LogP contribution in [0.15, 0.2) is 48.7 Å². The summed E-state index contributed by atoms with van der Waals surface area (Å²) in [5.74, 6) is -2.83. The maximum Gasteiger partial charge on any atom is 0.332 e. The van der Waals surface area contributed by atoms with Crippen molar-refractivity contribution in [3.63, 3.8) is 0 Å². The summed E-state index contributed by atoms with van der Waals surface area (Å²) >= 11 is 0. The number of fused-ring (bicyclic) bond motifs is 6. The third-order valence-corrected chi connectivity index (χ3v) is 6.76. The number of piperazine rings is 1. The fourth-order valence-corrected chi connectivity index (χ4v) is 5.40. The zero-order chi connectivity index (χ0) is 23.7. The number of hydrogen-bond donors (Lipinski definition) is 0. The van der Waals surface area contributed by atoms with Crippen LogP contribution in [0.2, 0.25) is 0 Å². The topological polar surface area (TPSA) is 97.6 Å². The van der Waals surface area contributed by atoms with E-state index in [1.807, 2.05) is 6.07 Å². The van der Waals surface area contributed by atoms with Gasteiger partial charge in [-0.05, 0) is 18.6 Å². The van der Waals surface area contributed by atoms with E-state index in [-0.39, 0.29) is 23.5 Å². The molecule has 168 valence electrons. The van der Waals surface area contributed by atoms with Crippen LogP contribution in [-0.4, -0.2) is 57.3 Å². The maximum absolute atomic E-state index is 13.7. The molecular formula is C24H15F2N5O3. The molecule has 0 spiro atoms. The number of rotatable bonds is 2. The van der Waals surface area contributed by atoms with Crippen molar-refractivity contribution in [2.24, 2.45) is 0 Å². The molecule has 0 unspecified atom stereocenters. The first kappa shape index (κ1) is 20.2. The van der Waals surface area contributed by atoms with Gasteiger partial charge in [0.05, 0.1) is 24.0 Å². The Hall–Kier alpha value is -4.39. The van der Waals surface area contributed by atoms with Crippen molar-refractivity contribution in [3.05, 3.63) is 71.6 Å². The average Bonchev–Trinajstić information content (AvgIpc) is 3.49. The predicted octanol–water partition coefficient (Wildman–Crippen LogP) is 2.82. The van der Waals surface area contributed by atoms with E-state index in [1.54, 1.807) is 24.3 Å². The molecule has 3 aliphatic heterocycles. The van der Waals surface area contributed by atoms with Crippen LogP contribution < -0.4 is 4.90 Å². The van der Waals surface area contributed by atoms with Crippen molar-refractivity contribution >= 4 is 34.3 Å². The third kappa shape index (κ3) is 2.67. The van der Waals surface area contributed by atoms with Crippen LogP contribution in [0.4, 0.5) is 19.3 Å². The van der Waals surface area contributed by atoms with Crippen LogP contribution in [0, 0.1) is 23.0 Å². The smallest absolute Gasteiger partial charge is 0.331 e. The molecule has 8 nitrogen and oxygen atoms in total. The number of nitriles is 1. The van der Waals surface area contributed by atoms with Gasteiger partial charge < -0.3 is 9.80 Å². The first-order valence-electron chi connectivity index (χ1n) is 10.6. The zero-order valence-corrected chi connectivity index (χ0v) is 17.5. The zero-order valence-electron chi connectivity index (χ0n) is 17.5. The quantitative estimate of drug-likeness (QED) is 0.549. The monoisotopic (exact) mass is 459 g/mol. The van der Waals surface area contributed by atoms with Gasteiger partial charge in [-0.25, -0.2) is 23.5 Å². The van der Waals surface area contributed by atoms with Crippen LogP contribution in [0.1, 0.15) is 22.5 Å². The number of carbonyl (C=O) groups excluding carboxylic acids is 3. The van der Waals surface area contributed by atoms with Gasteiger partial charge in [-0.3, -0.25) is 9.59 Å². The molecule has 3 aliphatic rings. The van der Waals surface area contributed by atoms with E-state index in [1.165, 1.54) is 16.0 Å². The summed E-state index contributed by atoms with van der Waals surface area (Å²) in [6.07, 6.45) is 1.74. The van der Waals surface area contributed by atoms with Crippen molar-refractivity contribution in [2.75, 3.05) is 11.4 Å². The van der Waals surface area contributed by atoms with Gasteiger partial charge in [-0.2, -0.15) is 5.26 Å². The van der Waals surface area contributed by atoms with E-state index < -0.39 is 47.6 Å². The Morgan fingerprint density at radius 1 is 1.09 bits per heavy atom. The number of amides is 4. The number of aromatic nitrogens is 1. The molecule has 0 N–H and O–H groups in total. The molecule has 0 radical (unpaired) electrons. The van der Waals surface area contributed by atoms with Crippen molar-refractivity contribution in [2.45, 2.75) is 24.5 Å². The SMILES string of the molecule is N#Cc1ncc(N2C(=O)[C@@H]3[C@@H]4C[C@@H](CN4C(=O)c4cc(F)cc(F)c4)N3C2=O)c2ccccc12. The molecule has 3 aromatic rings. The van der Waals surface area contributed by atoms with E-state index in [2.05, 4.69) is 4.98 Å². The number of anilines is 1. The molecule has 3 saturated heterocycles. The number of likely N-dealkylation sites (tertiary alicyclic amines) is 1. The van der Waals surface area contributed by atoms with E-state index in [9.17, 15) is 28.4 Å². The van der Waals surface area contributed by atoms with Gasteiger partial charge in [0, 0.05) is 28.9 Å². The third-order valence-electron chi connectivity index (χ3n) is 6.76. The minimum Gasteiger partial charge on any atom is -0.331 e. The molecule has 4 amide bonds. The molecular weight excluding hydrogens is 444 g/mol. The summed E-state index contributed by atoms with van der Waals surface area (Å²) < 4.78 is 27.3. The highest BCUT2D eigenvalue weighted by molar-refractivity contribution is 6.25. The van der Waals surface area contributed by atoms with Crippen molar-refractivity contribution in [1.29, 1.82) is 5.26 Å². The molecule has 0 aliphatic carbocycles. The summed E-state index contributed by atoms with van der Waals surface area (Å²) in [5.41, 5.74) is 0.300. The molecule has 2 aromatic carbocycles. The Morgan fingerprint density at radius 3 is 2.50 bits per heavy atom. The molecule has 34 heavy (non-hydrogen) atoms. The molecule has 3 atom stereocenters. The predicted molar refractivity (Wildman–Crippen MR) is 115 cm³/mol. The summed E-state index contributed by atoms with van der Waals surface area (Å²) in [4.78, 5) is 48.0. The fraction of sp³-hybridized carbons (Fsp3) is 0.208.